The van der Waals surface area contributed by atoms with Crippen LogP contribution in [0.25, 0.3) is 0 Å². The van der Waals surface area contributed by atoms with Gasteiger partial charge >= 0.3 is 0 Å². The van der Waals surface area contributed by atoms with Gasteiger partial charge in [0.2, 0.25) is 0 Å². The van der Waals surface area contributed by atoms with Crippen LogP contribution in [0.2, 0.25) is 0 Å². The van der Waals surface area contributed by atoms with Crippen molar-refractivity contribution in [2.75, 3.05) is 27.2 Å². The van der Waals surface area contributed by atoms with E-state index in [2.05, 4.69) is 43.8 Å². The summed E-state index contributed by atoms with van der Waals surface area (Å²) in [5, 5.41) is 0. The number of nitrogens with two attached hydrogens (primary N) is 1. The number of hydrogen-bond donors (Lipinski definition) is 1. The van der Waals surface area contributed by atoms with Crippen LogP contribution in [0.1, 0.15) is 37.8 Å². The van der Waals surface area contributed by atoms with Gasteiger partial charge in [0.1, 0.15) is 11.5 Å². The van der Waals surface area contributed by atoms with Crippen molar-refractivity contribution in [1.82, 2.24) is 9.80 Å². The second-order valence-corrected chi connectivity index (χ2v) is 6.43. The van der Waals surface area contributed by atoms with Crippen molar-refractivity contribution in [3.63, 3.8) is 0 Å². The Bertz CT molecular complexity index is 429. The third-order valence-electron chi connectivity index (χ3n) is 4.59. The number of aryl methyl sites for hydroxylation is 1. The van der Waals surface area contributed by atoms with E-state index in [0.29, 0.717) is 12.0 Å². The number of hydrogen-bond acceptors (Lipinski definition) is 4. The van der Waals surface area contributed by atoms with E-state index in [1.165, 1.54) is 0 Å². The van der Waals surface area contributed by atoms with Gasteiger partial charge in [0.25, 0.3) is 0 Å². The Balaban J connectivity index is 2.20. The molecule has 1 aliphatic heterocycles. The molecule has 1 aromatic rings. The van der Waals surface area contributed by atoms with Crippen LogP contribution in [0, 0.1) is 12.8 Å². The van der Waals surface area contributed by atoms with Crippen molar-refractivity contribution >= 4 is 0 Å². The molecule has 0 spiro atoms. The lowest BCUT2D eigenvalue weighted by Gasteiger charge is -2.31. The second-order valence-electron chi connectivity index (χ2n) is 6.43. The highest BCUT2D eigenvalue weighted by Crippen LogP contribution is 2.32. The van der Waals surface area contributed by atoms with Crippen LogP contribution in [0.15, 0.2) is 16.5 Å². The Labute approximate surface area is 122 Å². The first-order valence-corrected chi connectivity index (χ1v) is 7.66. The van der Waals surface area contributed by atoms with Gasteiger partial charge in [-0.1, -0.05) is 13.8 Å². The molecule has 0 bridgehead atoms. The van der Waals surface area contributed by atoms with E-state index >= 15 is 0 Å². The predicted octanol–water partition coefficient (Wildman–Crippen LogP) is 2.25. The van der Waals surface area contributed by atoms with E-state index in [9.17, 15) is 0 Å². The molecule has 0 saturated carbocycles. The molecule has 2 N–H and O–H groups in total. The SMILES string of the molecule is CCC(N)C(c1ccc(C)o1)N1CC(C)C(N(C)C)C1. The summed E-state index contributed by atoms with van der Waals surface area (Å²) in [6.07, 6.45) is 0.960. The number of likely N-dealkylation sites (tertiary alicyclic amines) is 1. The minimum absolute atomic E-state index is 0.119. The second kappa shape index (κ2) is 6.29. The molecule has 2 heterocycles. The first-order chi connectivity index (χ1) is 9.43. The molecular formula is C16H29N3O. The Kier molecular flexibility index (Phi) is 4.89. The van der Waals surface area contributed by atoms with Gasteiger partial charge < -0.3 is 15.1 Å². The fourth-order valence-electron chi connectivity index (χ4n) is 3.38. The summed E-state index contributed by atoms with van der Waals surface area (Å²) in [5.41, 5.74) is 6.39. The van der Waals surface area contributed by atoms with Crippen LogP contribution in [-0.4, -0.2) is 49.1 Å². The fourth-order valence-corrected chi connectivity index (χ4v) is 3.38. The van der Waals surface area contributed by atoms with Crippen molar-refractivity contribution < 1.29 is 4.42 Å². The maximum Gasteiger partial charge on any atom is 0.122 e. The highest BCUT2D eigenvalue weighted by molar-refractivity contribution is 5.13. The van der Waals surface area contributed by atoms with Crippen LogP contribution in [-0.2, 0) is 0 Å². The molecule has 1 fully saturated rings. The largest absolute Gasteiger partial charge is 0.465 e. The molecule has 4 nitrogen and oxygen atoms in total. The predicted molar refractivity (Wildman–Crippen MR) is 82.7 cm³/mol. The monoisotopic (exact) mass is 279 g/mol. The minimum atomic E-state index is 0.119. The summed E-state index contributed by atoms with van der Waals surface area (Å²) >= 11 is 0. The fraction of sp³-hybridized carbons (Fsp3) is 0.750. The number of rotatable bonds is 5. The molecule has 1 aromatic heterocycles. The van der Waals surface area contributed by atoms with Crippen LogP contribution in [0.3, 0.4) is 0 Å². The summed E-state index contributed by atoms with van der Waals surface area (Å²) in [6.45, 7) is 8.61. The van der Waals surface area contributed by atoms with Crippen molar-refractivity contribution in [3.8, 4) is 0 Å². The van der Waals surface area contributed by atoms with Gasteiger partial charge in [0.05, 0.1) is 6.04 Å². The van der Waals surface area contributed by atoms with Crippen LogP contribution < -0.4 is 5.73 Å². The molecule has 0 radical (unpaired) electrons. The summed E-state index contributed by atoms with van der Waals surface area (Å²) in [6, 6.07) is 5.03. The topological polar surface area (TPSA) is 45.6 Å². The molecule has 1 aliphatic rings. The van der Waals surface area contributed by atoms with E-state index in [4.69, 9.17) is 10.2 Å². The quantitative estimate of drug-likeness (QED) is 0.898. The Hall–Kier alpha value is -0.840. The average Bonchev–Trinajstić information content (AvgIpc) is 2.96. The van der Waals surface area contributed by atoms with E-state index in [1.54, 1.807) is 0 Å². The molecule has 114 valence electrons. The van der Waals surface area contributed by atoms with E-state index in [0.717, 1.165) is 31.0 Å². The maximum atomic E-state index is 6.39. The molecule has 4 unspecified atom stereocenters. The first-order valence-electron chi connectivity index (χ1n) is 7.66. The standard InChI is InChI=1S/C16H29N3O/c1-6-13(17)16(15-8-7-12(3)20-15)19-9-11(2)14(10-19)18(4)5/h7-8,11,13-14,16H,6,9-10,17H2,1-5H3. The number of likely N-dealkylation sites (N-methyl/N-ethyl adjacent to an activating group) is 1. The van der Waals surface area contributed by atoms with Gasteiger partial charge in [-0.05, 0) is 45.5 Å². The number of nitrogens with zero attached hydrogens (tertiary/aromatic N) is 2. The van der Waals surface area contributed by atoms with Gasteiger partial charge in [-0.2, -0.15) is 0 Å². The molecule has 0 aromatic carbocycles. The third-order valence-corrected chi connectivity index (χ3v) is 4.59. The first kappa shape index (κ1) is 15.5. The number of furan rings is 1. The van der Waals surface area contributed by atoms with Gasteiger partial charge in [-0.15, -0.1) is 0 Å². The summed E-state index contributed by atoms with van der Waals surface area (Å²) in [5.74, 6) is 2.64. The van der Waals surface area contributed by atoms with E-state index in [-0.39, 0.29) is 12.1 Å². The van der Waals surface area contributed by atoms with Gasteiger partial charge in [0.15, 0.2) is 0 Å². The molecule has 4 atom stereocenters. The van der Waals surface area contributed by atoms with E-state index in [1.807, 2.05) is 13.0 Å². The van der Waals surface area contributed by atoms with Crippen molar-refractivity contribution in [2.24, 2.45) is 11.7 Å². The zero-order chi connectivity index (χ0) is 14.9. The normalized spacial score (nSPS) is 27.1. The highest BCUT2D eigenvalue weighted by Gasteiger charge is 2.38. The molecule has 0 aliphatic carbocycles. The van der Waals surface area contributed by atoms with Gasteiger partial charge in [-0.25, -0.2) is 0 Å². The minimum Gasteiger partial charge on any atom is -0.465 e. The lowest BCUT2D eigenvalue weighted by atomic mass is 10.0. The van der Waals surface area contributed by atoms with Crippen LogP contribution >= 0.6 is 0 Å². The van der Waals surface area contributed by atoms with Crippen LogP contribution in [0.5, 0.6) is 0 Å². The van der Waals surface area contributed by atoms with Crippen molar-refractivity contribution in [1.29, 1.82) is 0 Å². The highest BCUT2D eigenvalue weighted by atomic mass is 16.3. The lowest BCUT2D eigenvalue weighted by Crippen LogP contribution is -2.41. The zero-order valence-electron chi connectivity index (χ0n) is 13.5. The molecule has 20 heavy (non-hydrogen) atoms. The Morgan fingerprint density at radius 3 is 2.55 bits per heavy atom. The van der Waals surface area contributed by atoms with Crippen molar-refractivity contribution in [2.45, 2.75) is 45.3 Å². The molecule has 0 amide bonds. The Morgan fingerprint density at radius 1 is 1.40 bits per heavy atom. The molecule has 4 heteroatoms. The molecule has 2 rings (SSSR count). The van der Waals surface area contributed by atoms with Crippen LogP contribution in [0.4, 0.5) is 0 Å². The summed E-state index contributed by atoms with van der Waals surface area (Å²) in [4.78, 5) is 4.83. The third kappa shape index (κ3) is 3.08. The maximum absolute atomic E-state index is 6.39. The van der Waals surface area contributed by atoms with Crippen molar-refractivity contribution in [3.05, 3.63) is 23.7 Å². The molecule has 1 saturated heterocycles. The average molecular weight is 279 g/mol. The summed E-state index contributed by atoms with van der Waals surface area (Å²) < 4.78 is 5.88. The van der Waals surface area contributed by atoms with E-state index < -0.39 is 0 Å². The van der Waals surface area contributed by atoms with Gasteiger partial charge in [0, 0.05) is 25.2 Å². The summed E-state index contributed by atoms with van der Waals surface area (Å²) in [7, 11) is 4.33. The molecular weight excluding hydrogens is 250 g/mol. The zero-order valence-corrected chi connectivity index (χ0v) is 13.5. The Morgan fingerprint density at radius 2 is 2.10 bits per heavy atom. The lowest BCUT2D eigenvalue weighted by molar-refractivity contribution is 0.166. The smallest absolute Gasteiger partial charge is 0.122 e. The van der Waals surface area contributed by atoms with Gasteiger partial charge in [-0.3, -0.25) is 4.90 Å².